The number of hydrogen-bond donors (Lipinski definition) is 2. The first-order valence-corrected chi connectivity index (χ1v) is 7.74. The second kappa shape index (κ2) is 8.52. The number of halogens is 3. The lowest BCUT2D eigenvalue weighted by Crippen LogP contribution is -2.24. The molecule has 138 valence electrons. The monoisotopic (exact) mass is 383 g/mol. The van der Waals surface area contributed by atoms with Crippen LogP contribution in [0, 0.1) is 0 Å². The number of hydrogen-bond acceptors (Lipinski definition) is 4. The highest BCUT2D eigenvalue weighted by molar-refractivity contribution is 7.80. The molecule has 0 radical (unpaired) electrons. The Morgan fingerprint density at radius 2 is 1.85 bits per heavy atom. The Kier molecular flexibility index (Phi) is 6.40. The fourth-order valence-electron chi connectivity index (χ4n) is 2.11. The first kappa shape index (κ1) is 19.5. The molecule has 0 amide bonds. The SMILES string of the molecule is COc1cccc(/C=N\NC(=S)Nc2cccc(C(F)(F)F)c2)c1OC. The van der Waals surface area contributed by atoms with Gasteiger partial charge in [0.1, 0.15) is 0 Å². The maximum atomic E-state index is 12.7. The number of para-hydroxylation sites is 1. The smallest absolute Gasteiger partial charge is 0.416 e. The van der Waals surface area contributed by atoms with E-state index in [9.17, 15) is 13.2 Å². The third kappa shape index (κ3) is 5.09. The molecule has 26 heavy (non-hydrogen) atoms. The second-order valence-corrected chi connectivity index (χ2v) is 5.39. The van der Waals surface area contributed by atoms with Gasteiger partial charge in [-0.2, -0.15) is 18.3 Å². The van der Waals surface area contributed by atoms with Crippen molar-refractivity contribution in [2.24, 2.45) is 5.10 Å². The molecule has 2 aromatic carbocycles. The molecule has 2 N–H and O–H groups in total. The number of nitrogens with one attached hydrogen (secondary N) is 2. The van der Waals surface area contributed by atoms with E-state index in [1.165, 1.54) is 32.6 Å². The van der Waals surface area contributed by atoms with Crippen LogP contribution in [-0.2, 0) is 6.18 Å². The van der Waals surface area contributed by atoms with Crippen LogP contribution in [0.4, 0.5) is 18.9 Å². The number of methoxy groups -OCH3 is 2. The van der Waals surface area contributed by atoms with Gasteiger partial charge in [0.2, 0.25) is 0 Å². The zero-order valence-corrected chi connectivity index (χ0v) is 14.7. The van der Waals surface area contributed by atoms with Crippen LogP contribution in [0.2, 0.25) is 0 Å². The van der Waals surface area contributed by atoms with Crippen LogP contribution in [0.3, 0.4) is 0 Å². The third-order valence-corrected chi connectivity index (χ3v) is 3.44. The molecule has 2 rings (SSSR count). The van der Waals surface area contributed by atoms with Gasteiger partial charge >= 0.3 is 6.18 Å². The first-order chi connectivity index (χ1) is 12.3. The minimum atomic E-state index is -4.42. The van der Waals surface area contributed by atoms with E-state index < -0.39 is 11.7 Å². The highest BCUT2D eigenvalue weighted by atomic mass is 32.1. The average Bonchev–Trinajstić information content (AvgIpc) is 2.60. The molecule has 0 aliphatic heterocycles. The average molecular weight is 383 g/mol. The number of rotatable bonds is 5. The van der Waals surface area contributed by atoms with Crippen molar-refractivity contribution < 1.29 is 22.6 Å². The number of hydrazone groups is 1. The quantitative estimate of drug-likeness (QED) is 0.464. The lowest BCUT2D eigenvalue weighted by atomic mass is 10.2. The lowest BCUT2D eigenvalue weighted by molar-refractivity contribution is -0.137. The van der Waals surface area contributed by atoms with E-state index >= 15 is 0 Å². The summed E-state index contributed by atoms with van der Waals surface area (Å²) in [6, 6.07) is 9.97. The van der Waals surface area contributed by atoms with E-state index in [-0.39, 0.29) is 10.8 Å². The van der Waals surface area contributed by atoms with Crippen LogP contribution in [0.5, 0.6) is 11.5 Å². The molecule has 0 aliphatic carbocycles. The van der Waals surface area contributed by atoms with Crippen LogP contribution >= 0.6 is 12.2 Å². The maximum Gasteiger partial charge on any atom is 0.416 e. The molecule has 0 spiro atoms. The topological polar surface area (TPSA) is 54.9 Å². The summed E-state index contributed by atoms with van der Waals surface area (Å²) < 4.78 is 48.6. The highest BCUT2D eigenvalue weighted by Crippen LogP contribution is 2.31. The summed E-state index contributed by atoms with van der Waals surface area (Å²) in [5, 5.41) is 6.64. The number of anilines is 1. The molecule has 9 heteroatoms. The standard InChI is InChI=1S/C17H16F3N3O2S/c1-24-14-8-3-5-11(15(14)25-2)10-21-23-16(26)22-13-7-4-6-12(9-13)17(18,19)20/h3-10H,1-2H3,(H2,22,23,26)/b21-10-. The Hall–Kier alpha value is -2.81. The van der Waals surface area contributed by atoms with Gasteiger partial charge in [0.25, 0.3) is 0 Å². The van der Waals surface area contributed by atoms with Crippen molar-refractivity contribution in [1.82, 2.24) is 5.43 Å². The fraction of sp³-hybridized carbons (Fsp3) is 0.176. The van der Waals surface area contributed by atoms with Crippen molar-refractivity contribution in [2.75, 3.05) is 19.5 Å². The summed E-state index contributed by atoms with van der Waals surface area (Å²) in [4.78, 5) is 0. The molecule has 0 bridgehead atoms. The summed E-state index contributed by atoms with van der Waals surface area (Å²) in [7, 11) is 3.02. The highest BCUT2D eigenvalue weighted by Gasteiger charge is 2.30. The number of benzene rings is 2. The molecular weight excluding hydrogens is 367 g/mol. The van der Waals surface area contributed by atoms with E-state index in [0.29, 0.717) is 17.1 Å². The van der Waals surface area contributed by atoms with Gasteiger partial charge in [0.05, 0.1) is 26.0 Å². The molecule has 0 aliphatic rings. The Balaban J connectivity index is 2.03. The Morgan fingerprint density at radius 1 is 1.12 bits per heavy atom. The normalized spacial score (nSPS) is 11.3. The van der Waals surface area contributed by atoms with Gasteiger partial charge in [0, 0.05) is 11.3 Å². The molecule has 0 aromatic heterocycles. The second-order valence-electron chi connectivity index (χ2n) is 4.99. The molecular formula is C17H16F3N3O2S. The molecule has 0 saturated carbocycles. The van der Waals surface area contributed by atoms with Crippen molar-refractivity contribution in [3.8, 4) is 11.5 Å². The minimum Gasteiger partial charge on any atom is -0.493 e. The number of thiocarbonyl (C=S) groups is 1. The van der Waals surface area contributed by atoms with Crippen LogP contribution < -0.4 is 20.2 Å². The molecule has 0 unspecified atom stereocenters. The number of alkyl halides is 3. The van der Waals surface area contributed by atoms with Crippen LogP contribution in [-0.4, -0.2) is 25.5 Å². The van der Waals surface area contributed by atoms with Gasteiger partial charge in [-0.25, -0.2) is 0 Å². The summed E-state index contributed by atoms with van der Waals surface area (Å²) in [6.45, 7) is 0. The fourth-order valence-corrected chi connectivity index (χ4v) is 2.28. The molecule has 5 nitrogen and oxygen atoms in total. The van der Waals surface area contributed by atoms with Gasteiger partial charge in [-0.15, -0.1) is 0 Å². The molecule has 0 heterocycles. The van der Waals surface area contributed by atoms with Gasteiger partial charge in [-0.05, 0) is 42.5 Å². The lowest BCUT2D eigenvalue weighted by Gasteiger charge is -2.11. The van der Waals surface area contributed by atoms with Gasteiger partial charge < -0.3 is 14.8 Å². The Labute approximate surface area is 153 Å². The largest absolute Gasteiger partial charge is 0.493 e. The van der Waals surface area contributed by atoms with E-state index in [0.717, 1.165) is 12.1 Å². The van der Waals surface area contributed by atoms with Crippen molar-refractivity contribution in [3.63, 3.8) is 0 Å². The third-order valence-electron chi connectivity index (χ3n) is 3.25. The number of nitrogens with zero attached hydrogens (tertiary/aromatic N) is 1. The minimum absolute atomic E-state index is 0.0439. The van der Waals surface area contributed by atoms with Crippen LogP contribution in [0.15, 0.2) is 47.6 Å². The van der Waals surface area contributed by atoms with Gasteiger partial charge in [-0.3, -0.25) is 5.43 Å². The predicted octanol–water partition coefficient (Wildman–Crippen LogP) is 4.04. The summed E-state index contributed by atoms with van der Waals surface area (Å²) >= 11 is 5.02. The molecule has 0 atom stereocenters. The zero-order valence-electron chi connectivity index (χ0n) is 13.9. The maximum absolute atomic E-state index is 12.7. The zero-order chi connectivity index (χ0) is 19.2. The van der Waals surface area contributed by atoms with E-state index in [1.54, 1.807) is 18.2 Å². The van der Waals surface area contributed by atoms with Crippen molar-refractivity contribution in [3.05, 3.63) is 53.6 Å². The van der Waals surface area contributed by atoms with Crippen molar-refractivity contribution in [1.29, 1.82) is 0 Å². The first-order valence-electron chi connectivity index (χ1n) is 7.33. The summed E-state index contributed by atoms with van der Waals surface area (Å²) in [5.74, 6) is 1.04. The molecule has 0 fully saturated rings. The number of ether oxygens (including phenoxy) is 2. The summed E-state index contributed by atoms with van der Waals surface area (Å²) in [5.41, 5.74) is 2.61. The van der Waals surface area contributed by atoms with Gasteiger partial charge in [0.15, 0.2) is 16.6 Å². The van der Waals surface area contributed by atoms with Crippen LogP contribution in [0.1, 0.15) is 11.1 Å². The van der Waals surface area contributed by atoms with E-state index in [2.05, 4.69) is 15.8 Å². The van der Waals surface area contributed by atoms with E-state index in [4.69, 9.17) is 21.7 Å². The van der Waals surface area contributed by atoms with Crippen molar-refractivity contribution in [2.45, 2.75) is 6.18 Å². The molecule has 2 aromatic rings. The van der Waals surface area contributed by atoms with E-state index in [1.807, 2.05) is 0 Å². The van der Waals surface area contributed by atoms with Crippen LogP contribution in [0.25, 0.3) is 0 Å². The predicted molar refractivity (Wildman–Crippen MR) is 97.9 cm³/mol. The van der Waals surface area contributed by atoms with Crippen molar-refractivity contribution >= 4 is 29.2 Å². The Bertz CT molecular complexity index is 810. The summed E-state index contributed by atoms with van der Waals surface area (Å²) in [6.07, 6.45) is -2.96. The van der Waals surface area contributed by atoms with Gasteiger partial charge in [-0.1, -0.05) is 12.1 Å². The molecule has 0 saturated heterocycles. The Morgan fingerprint density at radius 3 is 2.50 bits per heavy atom.